The second kappa shape index (κ2) is 8.98. The number of unbranched alkanes of at least 4 members (excludes halogenated alkanes) is 3. The van der Waals surface area contributed by atoms with Gasteiger partial charge in [0, 0.05) is 6.54 Å². The number of nitriles is 1. The number of nitrogens with two attached hydrogens (primary N) is 1. The Kier molecular flexibility index (Phi) is 7.11. The van der Waals surface area contributed by atoms with Crippen molar-refractivity contribution in [2.75, 3.05) is 6.54 Å². The van der Waals surface area contributed by atoms with Gasteiger partial charge < -0.3 is 11.1 Å². The molecular formula is C15H22N4. The van der Waals surface area contributed by atoms with Crippen LogP contribution in [0.5, 0.6) is 0 Å². The summed E-state index contributed by atoms with van der Waals surface area (Å²) in [5, 5.41) is 11.8. The Morgan fingerprint density at radius 3 is 2.63 bits per heavy atom. The Morgan fingerprint density at radius 1 is 1.26 bits per heavy atom. The molecule has 0 atom stereocenters. The summed E-state index contributed by atoms with van der Waals surface area (Å²) in [7, 11) is 0. The molecule has 4 heteroatoms. The molecule has 0 aliphatic rings. The molecule has 0 spiro atoms. The predicted molar refractivity (Wildman–Crippen MR) is 78.6 cm³/mol. The molecule has 3 N–H and O–H groups in total. The van der Waals surface area contributed by atoms with Crippen molar-refractivity contribution in [2.45, 2.75) is 39.2 Å². The summed E-state index contributed by atoms with van der Waals surface area (Å²) in [5.74, 6) is 0.487. The Balaban J connectivity index is 2.28. The van der Waals surface area contributed by atoms with Gasteiger partial charge in [-0.25, -0.2) is 4.99 Å². The van der Waals surface area contributed by atoms with E-state index in [0.717, 1.165) is 18.5 Å². The van der Waals surface area contributed by atoms with E-state index >= 15 is 0 Å². The third-order valence-corrected chi connectivity index (χ3v) is 2.85. The third-order valence-electron chi connectivity index (χ3n) is 2.85. The number of rotatable bonds is 7. The maximum absolute atomic E-state index is 8.70. The molecule has 1 aromatic rings. The molecule has 19 heavy (non-hydrogen) atoms. The summed E-state index contributed by atoms with van der Waals surface area (Å²) in [6.07, 6.45) is 4.86. The number of nitrogens with one attached hydrogen (secondary N) is 1. The Morgan fingerprint density at radius 2 is 2.00 bits per heavy atom. The van der Waals surface area contributed by atoms with Crippen LogP contribution in [0, 0.1) is 11.3 Å². The van der Waals surface area contributed by atoms with Gasteiger partial charge >= 0.3 is 0 Å². The Bertz CT molecular complexity index is 428. The number of guanidine groups is 1. The molecule has 0 unspecified atom stereocenters. The minimum atomic E-state index is 0.487. The van der Waals surface area contributed by atoms with Crippen molar-refractivity contribution < 1.29 is 0 Å². The van der Waals surface area contributed by atoms with Gasteiger partial charge in [0.2, 0.25) is 0 Å². The normalized spacial score (nSPS) is 11.1. The van der Waals surface area contributed by atoms with Gasteiger partial charge in [-0.2, -0.15) is 5.26 Å². The highest BCUT2D eigenvalue weighted by atomic mass is 15.1. The van der Waals surface area contributed by atoms with E-state index in [4.69, 9.17) is 11.0 Å². The zero-order valence-electron chi connectivity index (χ0n) is 11.5. The Hall–Kier alpha value is -2.02. The summed E-state index contributed by atoms with van der Waals surface area (Å²) in [6, 6.07) is 9.47. The standard InChI is InChI=1S/C15H22N4/c1-2-3-4-5-10-18-15(17)19-12-14-8-6-13(11-16)7-9-14/h6-9H,2-5,10,12H2,1H3,(H3,17,18,19). The van der Waals surface area contributed by atoms with E-state index in [1.165, 1.54) is 19.3 Å². The first kappa shape index (κ1) is 15.0. The molecule has 0 bridgehead atoms. The van der Waals surface area contributed by atoms with Crippen LogP contribution in [0.3, 0.4) is 0 Å². The number of nitrogens with zero attached hydrogens (tertiary/aromatic N) is 2. The van der Waals surface area contributed by atoms with Gasteiger partial charge in [-0.15, -0.1) is 0 Å². The van der Waals surface area contributed by atoms with E-state index in [2.05, 4.69) is 23.3 Å². The smallest absolute Gasteiger partial charge is 0.188 e. The van der Waals surface area contributed by atoms with Crippen LogP contribution in [-0.4, -0.2) is 12.5 Å². The average Bonchev–Trinajstić information content (AvgIpc) is 2.45. The van der Waals surface area contributed by atoms with Crippen LogP contribution in [0.1, 0.15) is 43.7 Å². The lowest BCUT2D eigenvalue weighted by atomic mass is 10.1. The second-order valence-electron chi connectivity index (χ2n) is 4.50. The molecule has 1 aromatic carbocycles. The first-order chi connectivity index (χ1) is 9.26. The van der Waals surface area contributed by atoms with Crippen molar-refractivity contribution in [2.24, 2.45) is 10.7 Å². The first-order valence-electron chi connectivity index (χ1n) is 6.79. The van der Waals surface area contributed by atoms with E-state index in [0.29, 0.717) is 18.1 Å². The molecule has 0 aromatic heterocycles. The molecule has 0 heterocycles. The fourth-order valence-corrected chi connectivity index (χ4v) is 1.69. The lowest BCUT2D eigenvalue weighted by Gasteiger charge is -2.05. The fraction of sp³-hybridized carbons (Fsp3) is 0.467. The van der Waals surface area contributed by atoms with Crippen molar-refractivity contribution in [3.05, 3.63) is 35.4 Å². The van der Waals surface area contributed by atoms with Crippen molar-refractivity contribution in [3.8, 4) is 6.07 Å². The quantitative estimate of drug-likeness (QED) is 0.448. The highest BCUT2D eigenvalue weighted by Crippen LogP contribution is 2.04. The van der Waals surface area contributed by atoms with Crippen LogP contribution in [0.2, 0.25) is 0 Å². The molecule has 0 radical (unpaired) electrons. The van der Waals surface area contributed by atoms with Crippen LogP contribution in [0.15, 0.2) is 29.3 Å². The third kappa shape index (κ3) is 6.46. The molecule has 0 aliphatic carbocycles. The largest absolute Gasteiger partial charge is 0.370 e. The number of hydrogen-bond acceptors (Lipinski definition) is 2. The van der Waals surface area contributed by atoms with Crippen LogP contribution >= 0.6 is 0 Å². The minimum absolute atomic E-state index is 0.487. The minimum Gasteiger partial charge on any atom is -0.370 e. The highest BCUT2D eigenvalue weighted by Gasteiger charge is 1.95. The number of hydrogen-bond donors (Lipinski definition) is 2. The summed E-state index contributed by atoms with van der Waals surface area (Å²) in [6.45, 7) is 3.61. The number of aliphatic imine (C=N–C) groups is 1. The Labute approximate surface area is 115 Å². The first-order valence-corrected chi connectivity index (χ1v) is 6.79. The van der Waals surface area contributed by atoms with Crippen LogP contribution in [0.25, 0.3) is 0 Å². The van der Waals surface area contributed by atoms with Gasteiger partial charge in [0.1, 0.15) is 0 Å². The SMILES string of the molecule is CCCCCCNC(N)=NCc1ccc(C#N)cc1. The molecule has 1 rings (SSSR count). The molecule has 0 amide bonds. The maximum atomic E-state index is 8.70. The number of benzene rings is 1. The van der Waals surface area contributed by atoms with Gasteiger partial charge in [-0.3, -0.25) is 0 Å². The average molecular weight is 258 g/mol. The van der Waals surface area contributed by atoms with Gasteiger partial charge in [0.15, 0.2) is 5.96 Å². The maximum Gasteiger partial charge on any atom is 0.188 e. The second-order valence-corrected chi connectivity index (χ2v) is 4.50. The molecule has 0 fully saturated rings. The summed E-state index contributed by atoms with van der Waals surface area (Å²) >= 11 is 0. The highest BCUT2D eigenvalue weighted by molar-refractivity contribution is 5.77. The van der Waals surface area contributed by atoms with Crippen molar-refractivity contribution in [1.29, 1.82) is 5.26 Å². The predicted octanol–water partition coefficient (Wildman–Crippen LogP) is 2.54. The van der Waals surface area contributed by atoms with Crippen LogP contribution < -0.4 is 11.1 Å². The van der Waals surface area contributed by atoms with E-state index in [9.17, 15) is 0 Å². The molecular weight excluding hydrogens is 236 g/mol. The van der Waals surface area contributed by atoms with Crippen molar-refractivity contribution in [1.82, 2.24) is 5.32 Å². The summed E-state index contributed by atoms with van der Waals surface area (Å²) < 4.78 is 0. The van der Waals surface area contributed by atoms with Crippen LogP contribution in [-0.2, 0) is 6.54 Å². The monoisotopic (exact) mass is 258 g/mol. The van der Waals surface area contributed by atoms with E-state index in [-0.39, 0.29) is 0 Å². The molecule has 0 saturated carbocycles. The van der Waals surface area contributed by atoms with E-state index in [1.807, 2.05) is 12.1 Å². The molecule has 0 aliphatic heterocycles. The van der Waals surface area contributed by atoms with E-state index < -0.39 is 0 Å². The molecule has 4 nitrogen and oxygen atoms in total. The summed E-state index contributed by atoms with van der Waals surface area (Å²) in [4.78, 5) is 4.27. The topological polar surface area (TPSA) is 74.2 Å². The zero-order chi connectivity index (χ0) is 13.9. The van der Waals surface area contributed by atoms with Crippen LogP contribution in [0.4, 0.5) is 0 Å². The zero-order valence-corrected chi connectivity index (χ0v) is 11.5. The van der Waals surface area contributed by atoms with Crippen molar-refractivity contribution in [3.63, 3.8) is 0 Å². The van der Waals surface area contributed by atoms with Gasteiger partial charge in [-0.1, -0.05) is 38.3 Å². The lowest BCUT2D eigenvalue weighted by molar-refractivity contribution is 0.652. The lowest BCUT2D eigenvalue weighted by Crippen LogP contribution is -2.32. The van der Waals surface area contributed by atoms with Crippen molar-refractivity contribution >= 4 is 5.96 Å². The summed E-state index contributed by atoms with van der Waals surface area (Å²) in [5.41, 5.74) is 7.49. The molecule has 102 valence electrons. The van der Waals surface area contributed by atoms with Gasteiger partial charge in [0.05, 0.1) is 18.2 Å². The fourth-order valence-electron chi connectivity index (χ4n) is 1.69. The molecule has 0 saturated heterocycles. The van der Waals surface area contributed by atoms with Gasteiger partial charge in [0.25, 0.3) is 0 Å². The van der Waals surface area contributed by atoms with E-state index in [1.54, 1.807) is 12.1 Å². The van der Waals surface area contributed by atoms with Gasteiger partial charge in [-0.05, 0) is 24.1 Å².